The molecule has 14 heavy (non-hydrogen) atoms. The molecule has 0 bridgehead atoms. The minimum atomic E-state index is 0.978. The second kappa shape index (κ2) is 6.34. The fraction of sp³-hybridized carbons (Fsp3) is 1.00. The summed E-state index contributed by atoms with van der Waals surface area (Å²) in [5, 5.41) is 0. The maximum absolute atomic E-state index is 2.59. The zero-order valence-corrected chi connectivity index (χ0v) is 12.1. The van der Waals surface area contributed by atoms with Crippen LogP contribution in [0.25, 0.3) is 0 Å². The number of rotatable bonds is 4. The lowest BCUT2D eigenvalue weighted by Gasteiger charge is -2.36. The van der Waals surface area contributed by atoms with Gasteiger partial charge in [0.25, 0.3) is 0 Å². The summed E-state index contributed by atoms with van der Waals surface area (Å²) in [7, 11) is 0. The number of halogens is 1. The van der Waals surface area contributed by atoms with Crippen molar-refractivity contribution < 1.29 is 0 Å². The highest BCUT2D eigenvalue weighted by molar-refractivity contribution is 14.1. The molecule has 2 unspecified atom stereocenters. The second-order valence-corrected chi connectivity index (χ2v) is 6.26. The molecule has 0 saturated heterocycles. The van der Waals surface area contributed by atoms with Gasteiger partial charge in [-0.15, -0.1) is 0 Å². The summed E-state index contributed by atoms with van der Waals surface area (Å²) >= 11 is 2.59. The summed E-state index contributed by atoms with van der Waals surface area (Å²) in [6.45, 7) is 7.21. The van der Waals surface area contributed by atoms with Gasteiger partial charge in [-0.2, -0.15) is 0 Å². The zero-order valence-electron chi connectivity index (χ0n) is 9.93. The van der Waals surface area contributed by atoms with Gasteiger partial charge in [-0.3, -0.25) is 0 Å². The Balaban J connectivity index is 2.47. The highest BCUT2D eigenvalue weighted by Crippen LogP contribution is 2.39. The fourth-order valence-electron chi connectivity index (χ4n) is 3.20. The predicted octanol–water partition coefficient (Wildman–Crippen LogP) is 4.91. The van der Waals surface area contributed by atoms with Crippen LogP contribution in [0.3, 0.4) is 0 Å². The maximum atomic E-state index is 2.59. The Morgan fingerprint density at radius 1 is 1.14 bits per heavy atom. The summed E-state index contributed by atoms with van der Waals surface area (Å²) in [6.07, 6.45) is 7.28. The van der Waals surface area contributed by atoms with Crippen LogP contribution in [-0.4, -0.2) is 4.43 Å². The highest BCUT2D eigenvalue weighted by Gasteiger charge is 2.28. The monoisotopic (exact) mass is 308 g/mol. The van der Waals surface area contributed by atoms with Crippen LogP contribution >= 0.6 is 22.6 Å². The van der Waals surface area contributed by atoms with Gasteiger partial charge in [-0.05, 0) is 49.4 Å². The van der Waals surface area contributed by atoms with Crippen LogP contribution in [0.4, 0.5) is 0 Å². The van der Waals surface area contributed by atoms with Gasteiger partial charge in [0.1, 0.15) is 0 Å². The van der Waals surface area contributed by atoms with E-state index in [1.165, 1.54) is 36.5 Å². The molecule has 1 rings (SSSR count). The predicted molar refractivity (Wildman–Crippen MR) is 73.0 cm³/mol. The SMILES string of the molecule is CCC[C@@H](CI)C1CC(C)CC(C)C1. The molecular weight excluding hydrogens is 283 g/mol. The molecule has 0 radical (unpaired) electrons. The van der Waals surface area contributed by atoms with E-state index in [-0.39, 0.29) is 0 Å². The highest BCUT2D eigenvalue weighted by atomic mass is 127. The lowest BCUT2D eigenvalue weighted by molar-refractivity contribution is 0.166. The third-order valence-electron chi connectivity index (χ3n) is 3.74. The molecule has 3 atom stereocenters. The number of alkyl halides is 1. The lowest BCUT2D eigenvalue weighted by atomic mass is 9.71. The molecule has 0 aromatic carbocycles. The Kier molecular flexibility index (Phi) is 5.80. The smallest absolute Gasteiger partial charge is 0.00263 e. The van der Waals surface area contributed by atoms with Gasteiger partial charge in [-0.25, -0.2) is 0 Å². The average molecular weight is 308 g/mol. The van der Waals surface area contributed by atoms with Gasteiger partial charge in [0.15, 0.2) is 0 Å². The topological polar surface area (TPSA) is 0 Å². The Labute approximate surface area is 103 Å². The number of hydrogen-bond acceptors (Lipinski definition) is 0. The molecule has 0 heterocycles. The first kappa shape index (κ1) is 12.8. The van der Waals surface area contributed by atoms with E-state index in [1.807, 2.05) is 0 Å². The van der Waals surface area contributed by atoms with E-state index in [9.17, 15) is 0 Å². The first-order valence-electron chi connectivity index (χ1n) is 6.23. The summed E-state index contributed by atoms with van der Waals surface area (Å²) in [5.74, 6) is 3.99. The average Bonchev–Trinajstić information content (AvgIpc) is 2.12. The van der Waals surface area contributed by atoms with Crippen LogP contribution in [0, 0.1) is 23.7 Å². The van der Waals surface area contributed by atoms with Crippen molar-refractivity contribution in [3.8, 4) is 0 Å². The zero-order chi connectivity index (χ0) is 10.6. The van der Waals surface area contributed by atoms with Crippen molar-refractivity contribution in [2.24, 2.45) is 23.7 Å². The van der Waals surface area contributed by atoms with Crippen molar-refractivity contribution in [1.82, 2.24) is 0 Å². The van der Waals surface area contributed by atoms with Crippen molar-refractivity contribution in [1.29, 1.82) is 0 Å². The quantitative estimate of drug-likeness (QED) is 0.511. The van der Waals surface area contributed by atoms with E-state index in [1.54, 1.807) is 0 Å². The Hall–Kier alpha value is 0.730. The molecule has 0 N–H and O–H groups in total. The summed E-state index contributed by atoms with van der Waals surface area (Å²) < 4.78 is 1.37. The van der Waals surface area contributed by atoms with Crippen molar-refractivity contribution in [3.63, 3.8) is 0 Å². The Bertz CT molecular complexity index is 145. The standard InChI is InChI=1S/C13H25I/c1-4-5-12(9-14)13-7-10(2)6-11(3)8-13/h10-13H,4-9H2,1-3H3/t10?,11?,12-,13?/m0/s1. The minimum absolute atomic E-state index is 0.978. The van der Waals surface area contributed by atoms with E-state index < -0.39 is 0 Å². The van der Waals surface area contributed by atoms with Crippen LogP contribution in [-0.2, 0) is 0 Å². The van der Waals surface area contributed by atoms with E-state index in [0.29, 0.717) is 0 Å². The van der Waals surface area contributed by atoms with E-state index in [0.717, 1.165) is 23.7 Å². The van der Waals surface area contributed by atoms with E-state index >= 15 is 0 Å². The molecule has 0 amide bonds. The van der Waals surface area contributed by atoms with Crippen molar-refractivity contribution >= 4 is 22.6 Å². The van der Waals surface area contributed by atoms with E-state index in [4.69, 9.17) is 0 Å². The lowest BCUT2D eigenvalue weighted by Crippen LogP contribution is -2.26. The first-order valence-corrected chi connectivity index (χ1v) is 7.75. The second-order valence-electron chi connectivity index (χ2n) is 5.38. The number of hydrogen-bond donors (Lipinski definition) is 0. The van der Waals surface area contributed by atoms with Crippen molar-refractivity contribution in [3.05, 3.63) is 0 Å². The Morgan fingerprint density at radius 2 is 1.71 bits per heavy atom. The van der Waals surface area contributed by atoms with Crippen LogP contribution in [0.2, 0.25) is 0 Å². The molecule has 0 spiro atoms. The van der Waals surface area contributed by atoms with Crippen LogP contribution in [0.5, 0.6) is 0 Å². The van der Waals surface area contributed by atoms with Gasteiger partial charge < -0.3 is 0 Å². The van der Waals surface area contributed by atoms with Crippen LogP contribution in [0.15, 0.2) is 0 Å². The van der Waals surface area contributed by atoms with E-state index in [2.05, 4.69) is 43.4 Å². The molecule has 0 aromatic rings. The summed E-state index contributed by atoms with van der Waals surface area (Å²) in [4.78, 5) is 0. The summed E-state index contributed by atoms with van der Waals surface area (Å²) in [6, 6.07) is 0. The third-order valence-corrected chi connectivity index (χ3v) is 4.87. The van der Waals surface area contributed by atoms with Gasteiger partial charge in [0, 0.05) is 4.43 Å². The largest absolute Gasteiger partial charge is 0.0861 e. The Morgan fingerprint density at radius 3 is 2.14 bits per heavy atom. The normalized spacial score (nSPS) is 35.6. The summed E-state index contributed by atoms with van der Waals surface area (Å²) in [5.41, 5.74) is 0. The molecular formula is C13H25I. The molecule has 1 heteroatoms. The maximum Gasteiger partial charge on any atom is 0.00263 e. The molecule has 0 nitrogen and oxygen atoms in total. The van der Waals surface area contributed by atoms with Crippen molar-refractivity contribution in [2.75, 3.05) is 4.43 Å². The molecule has 1 fully saturated rings. The van der Waals surface area contributed by atoms with Gasteiger partial charge in [0.2, 0.25) is 0 Å². The molecule has 1 aliphatic rings. The molecule has 84 valence electrons. The molecule has 0 aromatic heterocycles. The molecule has 0 aliphatic heterocycles. The van der Waals surface area contributed by atoms with Gasteiger partial charge in [0.05, 0.1) is 0 Å². The third kappa shape index (κ3) is 3.71. The van der Waals surface area contributed by atoms with Crippen molar-refractivity contribution in [2.45, 2.75) is 52.9 Å². The fourth-order valence-corrected chi connectivity index (χ4v) is 4.36. The molecule has 1 aliphatic carbocycles. The van der Waals surface area contributed by atoms with Crippen LogP contribution in [0.1, 0.15) is 52.9 Å². The molecule has 1 saturated carbocycles. The van der Waals surface area contributed by atoms with Gasteiger partial charge in [-0.1, -0.05) is 49.8 Å². The minimum Gasteiger partial charge on any atom is -0.0861 e. The van der Waals surface area contributed by atoms with Crippen LogP contribution < -0.4 is 0 Å². The first-order chi connectivity index (χ1) is 6.67. The van der Waals surface area contributed by atoms with Gasteiger partial charge >= 0.3 is 0 Å².